The van der Waals surface area contributed by atoms with Crippen LogP contribution in [0.5, 0.6) is 0 Å². The van der Waals surface area contributed by atoms with Crippen molar-refractivity contribution in [2.75, 3.05) is 7.11 Å². The molecule has 0 aromatic rings. The van der Waals surface area contributed by atoms with Gasteiger partial charge in [0.1, 0.15) is 0 Å². The van der Waals surface area contributed by atoms with E-state index in [1.165, 1.54) is 50.7 Å². The molecule has 0 amide bonds. The summed E-state index contributed by atoms with van der Waals surface area (Å²) in [6.07, 6.45) is 10.4. The quantitative estimate of drug-likeness (QED) is 0.607. The number of nitrogens with zero attached hydrogens (tertiary/aromatic N) is 1. The molecule has 0 radical (unpaired) electrons. The molecule has 3 N–H and O–H groups in total. The number of hydrogen-bond donors (Lipinski definition) is 2. The Hall–Kier alpha value is -0.680. The van der Waals surface area contributed by atoms with Crippen LogP contribution >= 0.6 is 12.2 Å². The Labute approximate surface area is 126 Å². The van der Waals surface area contributed by atoms with Crippen molar-refractivity contribution in [1.82, 2.24) is 5.43 Å². The molecular formula is C15H25N3OS. The SMILES string of the molecule is CO[C@@H]1CC[C@@H]2CCC/C(=N\NC(N)=S)[C@@]23CCC[C@@H]13. The second-order valence-electron chi connectivity index (χ2n) is 6.51. The van der Waals surface area contributed by atoms with E-state index in [0.717, 1.165) is 12.3 Å². The average molecular weight is 295 g/mol. The Morgan fingerprint density at radius 3 is 2.95 bits per heavy atom. The number of ether oxygens (including phenoxy) is 1. The molecule has 20 heavy (non-hydrogen) atoms. The van der Waals surface area contributed by atoms with Gasteiger partial charge in [-0.1, -0.05) is 6.42 Å². The van der Waals surface area contributed by atoms with Gasteiger partial charge in [-0.3, -0.25) is 5.43 Å². The van der Waals surface area contributed by atoms with Gasteiger partial charge in [0.15, 0.2) is 5.11 Å². The lowest BCUT2D eigenvalue weighted by Crippen LogP contribution is -2.52. The van der Waals surface area contributed by atoms with E-state index in [1.54, 1.807) is 0 Å². The van der Waals surface area contributed by atoms with E-state index in [4.69, 9.17) is 22.7 Å². The van der Waals surface area contributed by atoms with Crippen molar-refractivity contribution in [2.24, 2.45) is 28.1 Å². The van der Waals surface area contributed by atoms with Crippen LogP contribution in [0.1, 0.15) is 51.4 Å². The van der Waals surface area contributed by atoms with E-state index in [-0.39, 0.29) is 10.5 Å². The third kappa shape index (κ3) is 2.15. The van der Waals surface area contributed by atoms with Gasteiger partial charge in [0, 0.05) is 18.2 Å². The van der Waals surface area contributed by atoms with Crippen LogP contribution in [0.15, 0.2) is 5.10 Å². The third-order valence-corrected chi connectivity index (χ3v) is 5.94. The number of hydrazone groups is 1. The van der Waals surface area contributed by atoms with Crippen molar-refractivity contribution in [1.29, 1.82) is 0 Å². The van der Waals surface area contributed by atoms with Crippen LogP contribution in [-0.2, 0) is 4.74 Å². The van der Waals surface area contributed by atoms with E-state index in [2.05, 4.69) is 10.5 Å². The largest absolute Gasteiger partial charge is 0.381 e. The van der Waals surface area contributed by atoms with Crippen LogP contribution in [-0.4, -0.2) is 24.0 Å². The highest BCUT2D eigenvalue weighted by Crippen LogP contribution is 2.60. The van der Waals surface area contributed by atoms with Gasteiger partial charge in [0.2, 0.25) is 0 Å². The fraction of sp³-hybridized carbons (Fsp3) is 0.867. The summed E-state index contributed by atoms with van der Waals surface area (Å²) < 4.78 is 5.80. The Kier molecular flexibility index (Phi) is 4.00. The van der Waals surface area contributed by atoms with Gasteiger partial charge in [0.05, 0.1) is 6.10 Å². The Bertz CT molecular complexity index is 425. The van der Waals surface area contributed by atoms with E-state index in [9.17, 15) is 0 Å². The minimum absolute atomic E-state index is 0.259. The maximum absolute atomic E-state index is 5.80. The molecule has 0 saturated heterocycles. The molecule has 5 heteroatoms. The van der Waals surface area contributed by atoms with Crippen LogP contribution in [0.2, 0.25) is 0 Å². The number of methoxy groups -OCH3 is 1. The molecule has 0 heterocycles. The first-order valence-corrected chi connectivity index (χ1v) is 8.24. The predicted octanol–water partition coefficient (Wildman–Crippen LogP) is 2.57. The fourth-order valence-corrected chi connectivity index (χ4v) is 5.26. The lowest BCUT2D eigenvalue weighted by molar-refractivity contribution is -0.0442. The molecule has 112 valence electrons. The van der Waals surface area contributed by atoms with Crippen molar-refractivity contribution in [3.8, 4) is 0 Å². The highest BCUT2D eigenvalue weighted by molar-refractivity contribution is 7.80. The van der Waals surface area contributed by atoms with E-state index in [1.807, 2.05) is 7.11 Å². The maximum Gasteiger partial charge on any atom is 0.184 e. The molecule has 4 nitrogen and oxygen atoms in total. The summed E-state index contributed by atoms with van der Waals surface area (Å²) in [5.74, 6) is 1.42. The first-order chi connectivity index (χ1) is 9.68. The van der Waals surface area contributed by atoms with Crippen LogP contribution in [0.4, 0.5) is 0 Å². The van der Waals surface area contributed by atoms with Crippen molar-refractivity contribution >= 4 is 23.0 Å². The van der Waals surface area contributed by atoms with Gasteiger partial charge < -0.3 is 10.5 Å². The second-order valence-corrected chi connectivity index (χ2v) is 6.95. The number of nitrogens with two attached hydrogens (primary N) is 1. The Balaban J connectivity index is 1.95. The van der Waals surface area contributed by atoms with Gasteiger partial charge in [-0.2, -0.15) is 5.10 Å². The molecule has 3 saturated carbocycles. The van der Waals surface area contributed by atoms with Gasteiger partial charge >= 0.3 is 0 Å². The zero-order valence-electron chi connectivity index (χ0n) is 12.2. The zero-order valence-corrected chi connectivity index (χ0v) is 13.0. The molecule has 0 bridgehead atoms. The van der Waals surface area contributed by atoms with Gasteiger partial charge in [-0.25, -0.2) is 0 Å². The standard InChI is InChI=1S/C15H25N3OS/c1-19-12-8-7-10-4-2-6-13(17-18-14(16)20)15(10)9-3-5-11(12)15/h10-12H,2-9H2,1H3,(H3,16,18,20)/b17-13+/t10-,11-,12+,15-/m0/s1. The molecule has 0 aromatic carbocycles. The predicted molar refractivity (Wildman–Crippen MR) is 84.5 cm³/mol. The molecular weight excluding hydrogens is 270 g/mol. The number of rotatable bonds is 2. The van der Waals surface area contributed by atoms with Crippen LogP contribution in [0.25, 0.3) is 0 Å². The summed E-state index contributed by atoms with van der Waals surface area (Å²) >= 11 is 4.91. The Morgan fingerprint density at radius 2 is 2.20 bits per heavy atom. The summed E-state index contributed by atoms with van der Waals surface area (Å²) in [6, 6.07) is 0. The molecule has 3 aliphatic rings. The topological polar surface area (TPSA) is 59.6 Å². The van der Waals surface area contributed by atoms with Crippen LogP contribution < -0.4 is 11.2 Å². The van der Waals surface area contributed by atoms with Crippen LogP contribution in [0.3, 0.4) is 0 Å². The summed E-state index contributed by atoms with van der Waals surface area (Å²) in [4.78, 5) is 0. The number of hydrogen-bond acceptors (Lipinski definition) is 3. The minimum atomic E-state index is 0.259. The summed E-state index contributed by atoms with van der Waals surface area (Å²) in [5.41, 5.74) is 9.97. The lowest BCUT2D eigenvalue weighted by Gasteiger charge is -2.52. The zero-order chi connectivity index (χ0) is 14.2. The van der Waals surface area contributed by atoms with E-state index in [0.29, 0.717) is 12.0 Å². The third-order valence-electron chi connectivity index (χ3n) is 5.85. The normalized spacial score (nSPS) is 42.0. The maximum atomic E-state index is 5.80. The van der Waals surface area contributed by atoms with Crippen LogP contribution in [0, 0.1) is 17.3 Å². The van der Waals surface area contributed by atoms with Gasteiger partial charge in [-0.15, -0.1) is 0 Å². The molecule has 1 spiro atoms. The fourth-order valence-electron chi connectivity index (χ4n) is 5.22. The summed E-state index contributed by atoms with van der Waals surface area (Å²) in [7, 11) is 1.86. The lowest BCUT2D eigenvalue weighted by atomic mass is 9.54. The number of thiocarbonyl (C=S) groups is 1. The van der Waals surface area contributed by atoms with E-state index < -0.39 is 0 Å². The highest BCUT2D eigenvalue weighted by atomic mass is 32.1. The van der Waals surface area contributed by atoms with Crippen molar-refractivity contribution in [3.05, 3.63) is 0 Å². The average Bonchev–Trinajstić information content (AvgIpc) is 2.88. The molecule has 0 unspecified atom stereocenters. The molecule has 3 rings (SSSR count). The summed E-state index contributed by atoms with van der Waals surface area (Å²) in [5, 5.41) is 4.88. The van der Waals surface area contributed by atoms with Crippen molar-refractivity contribution < 1.29 is 4.74 Å². The first-order valence-electron chi connectivity index (χ1n) is 7.83. The molecule has 3 fully saturated rings. The molecule has 4 atom stereocenters. The molecule has 3 aliphatic carbocycles. The first kappa shape index (κ1) is 14.3. The minimum Gasteiger partial charge on any atom is -0.381 e. The Morgan fingerprint density at radius 1 is 1.35 bits per heavy atom. The molecule has 0 aliphatic heterocycles. The molecule has 0 aromatic heterocycles. The van der Waals surface area contributed by atoms with Gasteiger partial charge in [0.25, 0.3) is 0 Å². The van der Waals surface area contributed by atoms with Crippen molar-refractivity contribution in [2.45, 2.75) is 57.5 Å². The smallest absolute Gasteiger partial charge is 0.184 e. The summed E-state index contributed by atoms with van der Waals surface area (Å²) in [6.45, 7) is 0. The monoisotopic (exact) mass is 295 g/mol. The van der Waals surface area contributed by atoms with E-state index >= 15 is 0 Å². The number of nitrogens with one attached hydrogen (secondary N) is 1. The van der Waals surface area contributed by atoms with Gasteiger partial charge in [-0.05, 0) is 69.0 Å². The van der Waals surface area contributed by atoms with Crippen molar-refractivity contribution in [3.63, 3.8) is 0 Å². The second kappa shape index (κ2) is 5.60. The highest BCUT2D eigenvalue weighted by Gasteiger charge is 2.57.